The van der Waals surface area contributed by atoms with Crippen LogP contribution in [0.4, 0.5) is 0 Å². The summed E-state index contributed by atoms with van der Waals surface area (Å²) in [5.74, 6) is 0. The fraction of sp³-hybridized carbons (Fsp3) is 0.562. The van der Waals surface area contributed by atoms with Crippen molar-refractivity contribution in [3.05, 3.63) is 35.4 Å². The van der Waals surface area contributed by atoms with Crippen LogP contribution >= 0.6 is 0 Å². The van der Waals surface area contributed by atoms with Gasteiger partial charge in [0.25, 0.3) is 0 Å². The van der Waals surface area contributed by atoms with E-state index in [4.69, 9.17) is 5.26 Å². The van der Waals surface area contributed by atoms with Gasteiger partial charge in [-0.2, -0.15) is 5.26 Å². The number of likely N-dealkylation sites (tertiary alicyclic amines) is 1. The summed E-state index contributed by atoms with van der Waals surface area (Å²) >= 11 is 0. The highest BCUT2D eigenvalue weighted by atomic mass is 32.2. The zero-order valence-corrected chi connectivity index (χ0v) is 14.3. The van der Waals surface area contributed by atoms with Gasteiger partial charge in [0.1, 0.15) is 0 Å². The summed E-state index contributed by atoms with van der Waals surface area (Å²) in [5, 5.41) is 18.7. The summed E-state index contributed by atoms with van der Waals surface area (Å²) < 4.78 is 25.8. The van der Waals surface area contributed by atoms with Crippen molar-refractivity contribution in [1.82, 2.24) is 9.21 Å². The van der Waals surface area contributed by atoms with Gasteiger partial charge in [0.2, 0.25) is 10.0 Å². The lowest BCUT2D eigenvalue weighted by atomic mass is 10.1. The number of nitrogens with zero attached hydrogens (tertiary/aromatic N) is 3. The maximum absolute atomic E-state index is 12.3. The van der Waals surface area contributed by atoms with E-state index in [2.05, 4.69) is 0 Å². The van der Waals surface area contributed by atoms with Crippen LogP contribution in [0.5, 0.6) is 0 Å². The Morgan fingerprint density at radius 2 is 2.04 bits per heavy atom. The maximum Gasteiger partial charge on any atom is 0.217 e. The molecule has 0 spiro atoms. The third-order valence-electron chi connectivity index (χ3n) is 4.25. The average Bonchev–Trinajstić information content (AvgIpc) is 2.55. The molecule has 0 saturated carbocycles. The topological polar surface area (TPSA) is 84.6 Å². The molecule has 1 saturated heterocycles. The van der Waals surface area contributed by atoms with Crippen molar-refractivity contribution >= 4 is 10.0 Å². The number of nitriles is 1. The van der Waals surface area contributed by atoms with Gasteiger partial charge in [-0.3, -0.25) is 4.90 Å². The molecular weight excluding hydrogens is 314 g/mol. The van der Waals surface area contributed by atoms with Gasteiger partial charge >= 0.3 is 0 Å². The molecule has 1 aliphatic heterocycles. The van der Waals surface area contributed by atoms with Crippen molar-refractivity contribution in [2.75, 3.05) is 33.7 Å². The third kappa shape index (κ3) is 4.30. The molecule has 1 N–H and O–H groups in total. The Bertz CT molecular complexity index is 665. The highest BCUT2D eigenvalue weighted by Crippen LogP contribution is 2.22. The van der Waals surface area contributed by atoms with Gasteiger partial charge in [-0.15, -0.1) is 0 Å². The predicted molar refractivity (Wildman–Crippen MR) is 88.2 cm³/mol. The van der Waals surface area contributed by atoms with Crippen molar-refractivity contribution in [3.63, 3.8) is 0 Å². The molecule has 23 heavy (non-hydrogen) atoms. The Morgan fingerprint density at radius 3 is 2.61 bits per heavy atom. The molecule has 1 aliphatic rings. The Morgan fingerprint density at radius 1 is 1.39 bits per heavy atom. The summed E-state index contributed by atoms with van der Waals surface area (Å²) in [6.45, 7) is 1.62. The molecule has 126 valence electrons. The molecule has 0 amide bonds. The first kappa shape index (κ1) is 17.9. The Labute approximate surface area is 138 Å². The number of aliphatic hydroxyl groups is 1. The molecule has 0 radical (unpaired) electrons. The van der Waals surface area contributed by atoms with Crippen LogP contribution in [0.2, 0.25) is 0 Å². The first-order valence-corrected chi connectivity index (χ1v) is 9.16. The fourth-order valence-corrected chi connectivity index (χ4v) is 4.31. The maximum atomic E-state index is 12.3. The second-order valence-electron chi connectivity index (χ2n) is 6.10. The summed E-state index contributed by atoms with van der Waals surface area (Å²) in [7, 11) is -0.157. The Balaban J connectivity index is 2.00. The van der Waals surface area contributed by atoms with E-state index >= 15 is 0 Å². The highest BCUT2D eigenvalue weighted by molar-refractivity contribution is 7.89. The quantitative estimate of drug-likeness (QED) is 0.865. The lowest BCUT2D eigenvalue weighted by Crippen LogP contribution is -2.47. The zero-order valence-electron chi connectivity index (χ0n) is 13.5. The van der Waals surface area contributed by atoms with Crippen LogP contribution in [0.15, 0.2) is 24.3 Å². The van der Waals surface area contributed by atoms with E-state index in [-0.39, 0.29) is 0 Å². The van der Waals surface area contributed by atoms with Crippen LogP contribution in [0.25, 0.3) is 0 Å². The molecule has 2 rings (SSSR count). The number of piperidine rings is 1. The van der Waals surface area contributed by atoms with Gasteiger partial charge in [0.15, 0.2) is 0 Å². The van der Waals surface area contributed by atoms with E-state index < -0.39 is 21.4 Å². The molecular formula is C16H23N3O3S. The summed E-state index contributed by atoms with van der Waals surface area (Å²) in [4.78, 5) is 2.00. The van der Waals surface area contributed by atoms with E-state index in [0.717, 1.165) is 18.5 Å². The molecule has 1 heterocycles. The molecule has 0 bridgehead atoms. The molecule has 2 unspecified atom stereocenters. The SMILES string of the molecule is CN(C)S(=O)(=O)C1CCCN(CC(O)c2ccc(C#N)cc2)C1. The molecule has 2 atom stereocenters. The first-order chi connectivity index (χ1) is 10.8. The number of benzene rings is 1. The number of hydrogen-bond donors (Lipinski definition) is 1. The third-order valence-corrected chi connectivity index (χ3v) is 6.49. The van der Waals surface area contributed by atoms with E-state index in [0.29, 0.717) is 25.1 Å². The van der Waals surface area contributed by atoms with E-state index in [1.54, 1.807) is 38.4 Å². The second-order valence-corrected chi connectivity index (χ2v) is 8.53. The van der Waals surface area contributed by atoms with Crippen LogP contribution in [0.3, 0.4) is 0 Å². The van der Waals surface area contributed by atoms with Crippen LogP contribution in [-0.2, 0) is 10.0 Å². The highest BCUT2D eigenvalue weighted by Gasteiger charge is 2.32. The molecule has 1 aromatic carbocycles. The minimum Gasteiger partial charge on any atom is -0.387 e. The van der Waals surface area contributed by atoms with Crippen LogP contribution in [0, 0.1) is 11.3 Å². The predicted octanol–water partition coefficient (Wildman–Crippen LogP) is 0.947. The minimum absolute atomic E-state index is 0.394. The normalized spacial score (nSPS) is 21.1. The van der Waals surface area contributed by atoms with E-state index in [1.807, 2.05) is 11.0 Å². The summed E-state index contributed by atoms with van der Waals surface area (Å²) in [5.41, 5.74) is 1.29. The lowest BCUT2D eigenvalue weighted by molar-refractivity contribution is 0.102. The standard InChI is InChI=1S/C16H23N3O3S/c1-18(2)23(21,22)15-4-3-9-19(11-15)12-16(20)14-7-5-13(10-17)6-8-14/h5-8,15-16,20H,3-4,9,11-12H2,1-2H3. The van der Waals surface area contributed by atoms with Crippen LogP contribution in [0.1, 0.15) is 30.1 Å². The average molecular weight is 337 g/mol. The number of β-amino-alcohol motifs (C(OH)–C–C–N with tert-alkyl or cyclic N) is 1. The number of hydrogen-bond acceptors (Lipinski definition) is 5. The fourth-order valence-electron chi connectivity index (χ4n) is 2.85. The van der Waals surface area contributed by atoms with Gasteiger partial charge in [-0.25, -0.2) is 12.7 Å². The molecule has 0 aliphatic carbocycles. The van der Waals surface area contributed by atoms with Crippen LogP contribution in [-0.4, -0.2) is 61.7 Å². The monoisotopic (exact) mass is 337 g/mol. The van der Waals surface area contributed by atoms with Crippen molar-refractivity contribution < 1.29 is 13.5 Å². The van der Waals surface area contributed by atoms with Crippen molar-refractivity contribution in [3.8, 4) is 6.07 Å². The van der Waals surface area contributed by atoms with Gasteiger partial charge in [-0.05, 0) is 37.1 Å². The second kappa shape index (κ2) is 7.41. The summed E-state index contributed by atoms with van der Waals surface area (Å²) in [6.07, 6.45) is 0.769. The lowest BCUT2D eigenvalue weighted by Gasteiger charge is -2.34. The summed E-state index contributed by atoms with van der Waals surface area (Å²) in [6, 6.07) is 8.87. The largest absolute Gasteiger partial charge is 0.387 e. The molecule has 0 aromatic heterocycles. The van der Waals surface area contributed by atoms with Crippen molar-refractivity contribution in [2.24, 2.45) is 0 Å². The smallest absolute Gasteiger partial charge is 0.217 e. The molecule has 1 aromatic rings. The van der Waals surface area contributed by atoms with Gasteiger partial charge < -0.3 is 5.11 Å². The van der Waals surface area contributed by atoms with Gasteiger partial charge in [0, 0.05) is 27.2 Å². The number of rotatable bonds is 5. The van der Waals surface area contributed by atoms with Crippen molar-refractivity contribution in [1.29, 1.82) is 5.26 Å². The molecule has 1 fully saturated rings. The van der Waals surface area contributed by atoms with Gasteiger partial charge in [0.05, 0.1) is 23.0 Å². The molecule has 6 nitrogen and oxygen atoms in total. The Hall–Kier alpha value is -1.46. The number of sulfonamides is 1. The Kier molecular flexibility index (Phi) is 5.76. The number of aliphatic hydroxyl groups excluding tert-OH is 1. The molecule has 7 heteroatoms. The van der Waals surface area contributed by atoms with E-state index in [1.165, 1.54) is 4.31 Å². The van der Waals surface area contributed by atoms with Crippen molar-refractivity contribution in [2.45, 2.75) is 24.2 Å². The van der Waals surface area contributed by atoms with Gasteiger partial charge in [-0.1, -0.05) is 12.1 Å². The minimum atomic E-state index is -3.27. The zero-order chi connectivity index (χ0) is 17.0. The van der Waals surface area contributed by atoms with E-state index in [9.17, 15) is 13.5 Å². The first-order valence-electron chi connectivity index (χ1n) is 7.66. The van der Waals surface area contributed by atoms with Crippen LogP contribution < -0.4 is 0 Å².